The van der Waals surface area contributed by atoms with Gasteiger partial charge >= 0.3 is 0 Å². The molecule has 0 fully saturated rings. The molecule has 2 aromatic rings. The summed E-state index contributed by atoms with van der Waals surface area (Å²) in [6, 6.07) is 9.63. The van der Waals surface area contributed by atoms with Crippen molar-refractivity contribution in [1.29, 1.82) is 5.26 Å². The van der Waals surface area contributed by atoms with Gasteiger partial charge in [0.05, 0.1) is 5.69 Å². The molecule has 90 valence electrons. The van der Waals surface area contributed by atoms with E-state index < -0.39 is 0 Å². The molecule has 0 spiro atoms. The lowest BCUT2D eigenvalue weighted by Gasteiger charge is -2.10. The van der Waals surface area contributed by atoms with Gasteiger partial charge in [0, 0.05) is 4.47 Å². The Bertz CT molecular complexity index is 711. The summed E-state index contributed by atoms with van der Waals surface area (Å²) in [7, 11) is 0. The lowest BCUT2D eigenvalue weighted by Crippen LogP contribution is -2.14. The molecule has 1 heterocycles. The van der Waals surface area contributed by atoms with Crippen molar-refractivity contribution in [3.8, 4) is 17.3 Å². The molecule has 0 aliphatic carbocycles. The topological polar surface area (TPSA) is 56.6 Å². The quantitative estimate of drug-likeness (QED) is 0.879. The van der Waals surface area contributed by atoms with Gasteiger partial charge in [-0.15, -0.1) is 0 Å². The Morgan fingerprint density at radius 1 is 1.28 bits per heavy atom. The van der Waals surface area contributed by atoms with E-state index in [0.29, 0.717) is 0 Å². The number of hydrogen-bond acceptors (Lipinski definition) is 2. The Hall–Kier alpha value is -1.86. The number of rotatable bonds is 1. The predicted octanol–water partition coefficient (Wildman–Crippen LogP) is 3.29. The number of aromatic amines is 1. The number of nitrogens with one attached hydrogen (secondary N) is 1. The molecule has 1 aromatic carbocycles. The first-order valence-electron chi connectivity index (χ1n) is 5.44. The number of nitrogens with zero attached hydrogens (tertiary/aromatic N) is 1. The highest BCUT2D eigenvalue weighted by molar-refractivity contribution is 9.10. The van der Waals surface area contributed by atoms with Gasteiger partial charge in [0.2, 0.25) is 0 Å². The first kappa shape index (κ1) is 12.6. The van der Waals surface area contributed by atoms with E-state index in [9.17, 15) is 4.79 Å². The number of halogens is 1. The highest BCUT2D eigenvalue weighted by atomic mass is 79.9. The fourth-order valence-corrected chi connectivity index (χ4v) is 2.28. The van der Waals surface area contributed by atoms with Crippen LogP contribution in [0.4, 0.5) is 0 Å². The van der Waals surface area contributed by atoms with Gasteiger partial charge in [-0.25, -0.2) is 0 Å². The second-order valence-corrected chi connectivity index (χ2v) is 4.99. The van der Waals surface area contributed by atoms with E-state index in [2.05, 4.69) is 20.9 Å². The van der Waals surface area contributed by atoms with Crippen molar-refractivity contribution >= 4 is 15.9 Å². The van der Waals surface area contributed by atoms with Crippen LogP contribution in [0.1, 0.15) is 16.7 Å². The summed E-state index contributed by atoms with van der Waals surface area (Å²) in [6.45, 7) is 3.70. The van der Waals surface area contributed by atoms with E-state index in [1.54, 1.807) is 6.92 Å². The predicted molar refractivity (Wildman–Crippen MR) is 74.4 cm³/mol. The molecule has 0 unspecified atom stereocenters. The Balaban J connectivity index is 2.75. The van der Waals surface area contributed by atoms with Gasteiger partial charge in [0.25, 0.3) is 5.56 Å². The summed E-state index contributed by atoms with van der Waals surface area (Å²) in [5, 5.41) is 8.95. The molecule has 0 saturated heterocycles. The smallest absolute Gasteiger partial charge is 0.266 e. The van der Waals surface area contributed by atoms with E-state index in [1.165, 1.54) is 0 Å². The Morgan fingerprint density at radius 3 is 2.61 bits per heavy atom. The molecule has 1 N–H and O–H groups in total. The highest BCUT2D eigenvalue weighted by Gasteiger charge is 2.12. The number of H-pyrrole nitrogens is 1. The maximum Gasteiger partial charge on any atom is 0.266 e. The second kappa shape index (κ2) is 4.79. The van der Waals surface area contributed by atoms with Gasteiger partial charge in [-0.05, 0) is 42.7 Å². The van der Waals surface area contributed by atoms with Crippen LogP contribution < -0.4 is 5.56 Å². The molecule has 3 nitrogen and oxygen atoms in total. The molecule has 0 aliphatic heterocycles. The van der Waals surface area contributed by atoms with Crippen LogP contribution in [0.15, 0.2) is 33.5 Å². The second-order valence-electron chi connectivity index (χ2n) is 4.08. The Labute approximate surface area is 113 Å². The van der Waals surface area contributed by atoms with Crippen LogP contribution in [-0.2, 0) is 0 Å². The van der Waals surface area contributed by atoms with Crippen LogP contribution in [0.3, 0.4) is 0 Å². The third-order valence-corrected chi connectivity index (χ3v) is 3.50. The van der Waals surface area contributed by atoms with Gasteiger partial charge < -0.3 is 4.98 Å². The molecular formula is C14H11BrN2O. The van der Waals surface area contributed by atoms with Crippen LogP contribution in [0.5, 0.6) is 0 Å². The summed E-state index contributed by atoms with van der Waals surface area (Å²) >= 11 is 3.40. The third-order valence-electron chi connectivity index (χ3n) is 3.00. The number of aromatic nitrogens is 1. The average Bonchev–Trinajstić information content (AvgIpc) is 2.34. The largest absolute Gasteiger partial charge is 0.321 e. The molecule has 0 saturated carbocycles. The monoisotopic (exact) mass is 302 g/mol. The molecule has 2 rings (SSSR count). The maximum atomic E-state index is 11.8. The van der Waals surface area contributed by atoms with Gasteiger partial charge in [-0.3, -0.25) is 4.79 Å². The van der Waals surface area contributed by atoms with E-state index in [4.69, 9.17) is 5.26 Å². The SMILES string of the molecule is Cc1c(-c2cccc(Br)c2)[nH]c(=O)c(C#N)c1C. The fraction of sp³-hybridized carbons (Fsp3) is 0.143. The zero-order chi connectivity index (χ0) is 13.3. The van der Waals surface area contributed by atoms with E-state index in [-0.39, 0.29) is 11.1 Å². The van der Waals surface area contributed by atoms with Crippen LogP contribution in [-0.4, -0.2) is 4.98 Å². The van der Waals surface area contributed by atoms with Crippen LogP contribution in [0, 0.1) is 25.2 Å². The molecule has 0 radical (unpaired) electrons. The minimum absolute atomic E-state index is 0.186. The van der Waals surface area contributed by atoms with Crippen molar-refractivity contribution in [3.63, 3.8) is 0 Å². The van der Waals surface area contributed by atoms with Crippen molar-refractivity contribution < 1.29 is 0 Å². The Morgan fingerprint density at radius 2 is 2.00 bits per heavy atom. The normalized spacial score (nSPS) is 10.1. The van der Waals surface area contributed by atoms with Crippen molar-refractivity contribution in [2.75, 3.05) is 0 Å². The van der Waals surface area contributed by atoms with Gasteiger partial charge in [-0.1, -0.05) is 28.1 Å². The van der Waals surface area contributed by atoms with Crippen LogP contribution in [0.2, 0.25) is 0 Å². The first-order valence-corrected chi connectivity index (χ1v) is 6.23. The van der Waals surface area contributed by atoms with Crippen molar-refractivity contribution in [2.45, 2.75) is 13.8 Å². The third kappa shape index (κ3) is 2.09. The summed E-state index contributed by atoms with van der Waals surface area (Å²) in [4.78, 5) is 14.6. The zero-order valence-corrected chi connectivity index (χ0v) is 11.6. The maximum absolute atomic E-state index is 11.8. The molecule has 1 aromatic heterocycles. The number of nitriles is 1. The molecule has 18 heavy (non-hydrogen) atoms. The minimum Gasteiger partial charge on any atom is -0.321 e. The Kier molecular flexibility index (Phi) is 3.35. The number of benzene rings is 1. The van der Waals surface area contributed by atoms with Gasteiger partial charge in [0.1, 0.15) is 11.6 Å². The molecule has 4 heteroatoms. The zero-order valence-electron chi connectivity index (χ0n) is 10.0. The van der Waals surface area contributed by atoms with Gasteiger partial charge in [0.15, 0.2) is 0 Å². The lowest BCUT2D eigenvalue weighted by atomic mass is 10.00. The van der Waals surface area contributed by atoms with Crippen molar-refractivity contribution in [2.24, 2.45) is 0 Å². The average molecular weight is 303 g/mol. The fourth-order valence-electron chi connectivity index (χ4n) is 1.88. The van der Waals surface area contributed by atoms with Crippen LogP contribution >= 0.6 is 15.9 Å². The summed E-state index contributed by atoms with van der Waals surface area (Å²) < 4.78 is 0.947. The standard InChI is InChI=1S/C14H11BrN2O/c1-8-9(2)13(17-14(18)12(8)7-16)10-4-3-5-11(15)6-10/h3-6H,1-2H3,(H,17,18). The lowest BCUT2D eigenvalue weighted by molar-refractivity contribution is 1.14. The minimum atomic E-state index is -0.337. The first-order chi connectivity index (χ1) is 8.54. The number of hydrogen-bond donors (Lipinski definition) is 1. The molecule has 0 aliphatic rings. The van der Waals surface area contributed by atoms with Crippen molar-refractivity contribution in [1.82, 2.24) is 4.98 Å². The van der Waals surface area contributed by atoms with Gasteiger partial charge in [-0.2, -0.15) is 5.26 Å². The summed E-state index contributed by atoms with van der Waals surface area (Å²) in [5.41, 5.74) is 3.19. The highest BCUT2D eigenvalue weighted by Crippen LogP contribution is 2.25. The number of pyridine rings is 1. The molecule has 0 atom stereocenters. The molecule has 0 bridgehead atoms. The van der Waals surface area contributed by atoms with E-state index in [1.807, 2.05) is 37.3 Å². The summed E-state index contributed by atoms with van der Waals surface area (Å²) in [6.07, 6.45) is 0. The molecular weight excluding hydrogens is 292 g/mol. The molecule has 0 amide bonds. The summed E-state index contributed by atoms with van der Waals surface area (Å²) in [5.74, 6) is 0. The van der Waals surface area contributed by atoms with Crippen LogP contribution in [0.25, 0.3) is 11.3 Å². The van der Waals surface area contributed by atoms with E-state index >= 15 is 0 Å². The van der Waals surface area contributed by atoms with E-state index in [0.717, 1.165) is 26.9 Å². The van der Waals surface area contributed by atoms with Crippen molar-refractivity contribution in [3.05, 3.63) is 55.8 Å².